The second-order valence-corrected chi connectivity index (χ2v) is 7.45. The third-order valence-electron chi connectivity index (χ3n) is 4.01. The molecule has 2 fully saturated rings. The Hall–Kier alpha value is -0.130. The molecule has 0 radical (unpaired) electrons. The van der Waals surface area contributed by atoms with E-state index in [1.54, 1.807) is 4.31 Å². The zero-order valence-electron chi connectivity index (χ0n) is 10.9. The summed E-state index contributed by atoms with van der Waals surface area (Å²) in [5.74, 6) is 0.279. The van der Waals surface area contributed by atoms with E-state index in [1.165, 1.54) is 0 Å². The molecular formula is C12H24N2O2S. The van der Waals surface area contributed by atoms with Gasteiger partial charge in [-0.3, -0.25) is 0 Å². The van der Waals surface area contributed by atoms with Crippen molar-refractivity contribution in [3.05, 3.63) is 0 Å². The van der Waals surface area contributed by atoms with E-state index in [0.717, 1.165) is 38.6 Å². The molecule has 4 nitrogen and oxygen atoms in total. The molecule has 0 aromatic heterocycles. The number of hydrogen-bond donors (Lipinski definition) is 1. The van der Waals surface area contributed by atoms with Crippen molar-refractivity contribution in [1.29, 1.82) is 0 Å². The lowest BCUT2D eigenvalue weighted by molar-refractivity contribution is 0.203. The lowest BCUT2D eigenvalue weighted by Gasteiger charge is -2.38. The Kier molecular flexibility index (Phi) is 4.10. The Morgan fingerprint density at radius 1 is 1.12 bits per heavy atom. The van der Waals surface area contributed by atoms with E-state index in [0.29, 0.717) is 0 Å². The van der Waals surface area contributed by atoms with Crippen molar-refractivity contribution in [2.45, 2.75) is 64.1 Å². The molecule has 0 spiro atoms. The van der Waals surface area contributed by atoms with Gasteiger partial charge in [0, 0.05) is 18.1 Å². The summed E-state index contributed by atoms with van der Waals surface area (Å²) in [4.78, 5) is 0. The van der Waals surface area contributed by atoms with Crippen LogP contribution in [0.1, 0.15) is 46.0 Å². The molecule has 2 heterocycles. The second-order valence-electron chi connectivity index (χ2n) is 5.53. The third kappa shape index (κ3) is 3.01. The smallest absolute Gasteiger partial charge is 0.216 e. The molecule has 1 N–H and O–H groups in total. The standard InChI is InChI=1S/C12H24N2O2S/c1-10-5-3-6-11(2)14(10)17(15,16)9-12-7-4-8-13-12/h10-13H,3-9H2,1-2H3/t10-,11+,12?. The number of rotatable bonds is 3. The van der Waals surface area contributed by atoms with Crippen molar-refractivity contribution in [2.75, 3.05) is 12.3 Å². The van der Waals surface area contributed by atoms with Gasteiger partial charge in [0.25, 0.3) is 0 Å². The van der Waals surface area contributed by atoms with Gasteiger partial charge in [0.1, 0.15) is 0 Å². The van der Waals surface area contributed by atoms with Gasteiger partial charge in [0.15, 0.2) is 0 Å². The minimum absolute atomic E-state index is 0.168. The largest absolute Gasteiger partial charge is 0.313 e. The third-order valence-corrected chi connectivity index (χ3v) is 6.19. The summed E-state index contributed by atoms with van der Waals surface area (Å²) < 4.78 is 26.7. The van der Waals surface area contributed by atoms with Crippen molar-refractivity contribution in [2.24, 2.45) is 0 Å². The molecule has 0 aromatic carbocycles. The molecule has 2 rings (SSSR count). The van der Waals surface area contributed by atoms with Crippen LogP contribution in [0.15, 0.2) is 0 Å². The number of nitrogens with one attached hydrogen (secondary N) is 1. The summed E-state index contributed by atoms with van der Waals surface area (Å²) in [6.45, 7) is 5.04. The van der Waals surface area contributed by atoms with Crippen molar-refractivity contribution >= 4 is 10.0 Å². The van der Waals surface area contributed by atoms with E-state index in [9.17, 15) is 8.42 Å². The molecule has 2 saturated heterocycles. The van der Waals surface area contributed by atoms with Crippen LogP contribution in [0.4, 0.5) is 0 Å². The SMILES string of the molecule is C[C@@H]1CCC[C@H](C)N1S(=O)(=O)CC1CCCN1. The van der Waals surface area contributed by atoms with Crippen LogP contribution >= 0.6 is 0 Å². The predicted octanol–water partition coefficient (Wildman–Crippen LogP) is 1.33. The first-order valence-electron chi connectivity index (χ1n) is 6.75. The van der Waals surface area contributed by atoms with Gasteiger partial charge in [0.05, 0.1) is 5.75 Å². The summed E-state index contributed by atoms with van der Waals surface area (Å²) in [6.07, 6.45) is 5.25. The van der Waals surface area contributed by atoms with E-state index >= 15 is 0 Å². The average Bonchev–Trinajstić information content (AvgIpc) is 2.68. The van der Waals surface area contributed by atoms with Gasteiger partial charge in [0.2, 0.25) is 10.0 Å². The Morgan fingerprint density at radius 3 is 2.29 bits per heavy atom. The van der Waals surface area contributed by atoms with Crippen molar-refractivity contribution in [1.82, 2.24) is 9.62 Å². The first-order chi connectivity index (χ1) is 8.00. The number of piperidine rings is 1. The minimum atomic E-state index is -3.09. The van der Waals surface area contributed by atoms with Gasteiger partial charge < -0.3 is 5.32 Å². The molecule has 2 aliphatic heterocycles. The van der Waals surface area contributed by atoms with Crippen LogP contribution in [-0.4, -0.2) is 43.1 Å². The van der Waals surface area contributed by atoms with Crippen LogP contribution in [0.2, 0.25) is 0 Å². The highest BCUT2D eigenvalue weighted by Gasteiger charge is 2.36. The Balaban J connectivity index is 2.06. The molecule has 0 saturated carbocycles. The highest BCUT2D eigenvalue weighted by Crippen LogP contribution is 2.26. The monoisotopic (exact) mass is 260 g/mol. The lowest BCUT2D eigenvalue weighted by atomic mass is 10.0. The Morgan fingerprint density at radius 2 is 1.76 bits per heavy atom. The van der Waals surface area contributed by atoms with Crippen LogP contribution in [-0.2, 0) is 10.0 Å². The average molecular weight is 260 g/mol. The Labute approximate surface area is 105 Å². The molecule has 0 aliphatic carbocycles. The fourth-order valence-corrected chi connectivity index (χ4v) is 5.46. The van der Waals surface area contributed by atoms with E-state index < -0.39 is 10.0 Å². The van der Waals surface area contributed by atoms with Gasteiger partial charge in [-0.15, -0.1) is 0 Å². The number of sulfonamides is 1. The molecule has 100 valence electrons. The summed E-state index contributed by atoms with van der Waals surface area (Å²) in [5.41, 5.74) is 0. The summed E-state index contributed by atoms with van der Waals surface area (Å²) in [7, 11) is -3.09. The van der Waals surface area contributed by atoms with E-state index in [-0.39, 0.29) is 23.9 Å². The van der Waals surface area contributed by atoms with Gasteiger partial charge in [-0.1, -0.05) is 6.42 Å². The summed E-state index contributed by atoms with van der Waals surface area (Å²) >= 11 is 0. The van der Waals surface area contributed by atoms with Gasteiger partial charge in [-0.2, -0.15) is 4.31 Å². The van der Waals surface area contributed by atoms with Crippen molar-refractivity contribution in [3.8, 4) is 0 Å². The highest BCUT2D eigenvalue weighted by molar-refractivity contribution is 7.89. The first-order valence-corrected chi connectivity index (χ1v) is 8.36. The maximum Gasteiger partial charge on any atom is 0.216 e. The normalized spacial score (nSPS) is 36.2. The molecule has 5 heteroatoms. The molecule has 3 atom stereocenters. The van der Waals surface area contributed by atoms with Gasteiger partial charge in [-0.05, 0) is 46.1 Å². The fourth-order valence-electron chi connectivity index (χ4n) is 3.19. The lowest BCUT2D eigenvalue weighted by Crippen LogP contribution is -2.50. The molecule has 0 bridgehead atoms. The van der Waals surface area contributed by atoms with Crippen LogP contribution in [0.3, 0.4) is 0 Å². The molecular weight excluding hydrogens is 236 g/mol. The number of hydrogen-bond acceptors (Lipinski definition) is 3. The fraction of sp³-hybridized carbons (Fsp3) is 1.00. The maximum atomic E-state index is 12.4. The quantitative estimate of drug-likeness (QED) is 0.833. The minimum Gasteiger partial charge on any atom is -0.313 e. The van der Waals surface area contributed by atoms with Crippen LogP contribution < -0.4 is 5.32 Å². The van der Waals surface area contributed by atoms with Crippen molar-refractivity contribution in [3.63, 3.8) is 0 Å². The molecule has 0 amide bonds. The topological polar surface area (TPSA) is 49.4 Å². The van der Waals surface area contributed by atoms with Crippen LogP contribution in [0.25, 0.3) is 0 Å². The summed E-state index contributed by atoms with van der Waals surface area (Å²) in [5, 5.41) is 3.28. The van der Waals surface area contributed by atoms with E-state index in [2.05, 4.69) is 5.32 Å². The maximum absolute atomic E-state index is 12.4. The molecule has 0 aromatic rings. The van der Waals surface area contributed by atoms with Gasteiger partial charge >= 0.3 is 0 Å². The van der Waals surface area contributed by atoms with E-state index in [4.69, 9.17) is 0 Å². The second kappa shape index (κ2) is 5.24. The molecule has 17 heavy (non-hydrogen) atoms. The van der Waals surface area contributed by atoms with E-state index in [1.807, 2.05) is 13.8 Å². The Bertz CT molecular complexity index is 340. The summed E-state index contributed by atoms with van der Waals surface area (Å²) in [6, 6.07) is 0.511. The predicted molar refractivity (Wildman–Crippen MR) is 69.4 cm³/mol. The van der Waals surface area contributed by atoms with Crippen molar-refractivity contribution < 1.29 is 8.42 Å². The highest BCUT2D eigenvalue weighted by atomic mass is 32.2. The zero-order chi connectivity index (χ0) is 12.5. The molecule has 2 aliphatic rings. The first kappa shape index (κ1) is 13.3. The van der Waals surface area contributed by atoms with Crippen LogP contribution in [0, 0.1) is 0 Å². The van der Waals surface area contributed by atoms with Gasteiger partial charge in [-0.25, -0.2) is 8.42 Å². The molecule has 1 unspecified atom stereocenters. The number of nitrogens with zero attached hydrogens (tertiary/aromatic N) is 1. The van der Waals surface area contributed by atoms with Crippen LogP contribution in [0.5, 0.6) is 0 Å². The zero-order valence-corrected chi connectivity index (χ0v) is 11.7.